The lowest BCUT2D eigenvalue weighted by Gasteiger charge is -2.19. The van der Waals surface area contributed by atoms with Crippen LogP contribution in [-0.2, 0) is 6.54 Å². The van der Waals surface area contributed by atoms with Gasteiger partial charge in [0.25, 0.3) is 0 Å². The van der Waals surface area contributed by atoms with Gasteiger partial charge in [-0.15, -0.1) is 29.1 Å². The number of aliphatic imine (C=N–C) groups is 1. The Kier molecular flexibility index (Phi) is 8.90. The summed E-state index contributed by atoms with van der Waals surface area (Å²) < 4.78 is 24.4. The topological polar surface area (TPSA) is 100 Å². The zero-order chi connectivity index (χ0) is 19.8. The summed E-state index contributed by atoms with van der Waals surface area (Å²) >= 11 is 0. The van der Waals surface area contributed by atoms with Crippen molar-refractivity contribution in [3.05, 3.63) is 54.3 Å². The predicted octanol–water partition coefficient (Wildman–Crippen LogP) is 3.34. The Morgan fingerprint density at radius 2 is 2.17 bits per heavy atom. The maximum atomic E-state index is 13.3. The van der Waals surface area contributed by atoms with E-state index in [1.54, 1.807) is 37.6 Å². The van der Waals surface area contributed by atoms with Gasteiger partial charge in [-0.25, -0.2) is 9.37 Å². The molecule has 156 valence electrons. The number of rotatable bonds is 8. The minimum atomic E-state index is -0.321. The molecule has 0 aliphatic rings. The zero-order valence-corrected chi connectivity index (χ0v) is 18.5. The monoisotopic (exact) mass is 514 g/mol. The molecule has 0 radical (unpaired) electrons. The molecular formula is C19H24FIN6O2. The van der Waals surface area contributed by atoms with E-state index in [1.807, 2.05) is 6.92 Å². The first kappa shape index (κ1) is 22.7. The van der Waals surface area contributed by atoms with Crippen molar-refractivity contribution in [2.45, 2.75) is 26.0 Å². The minimum absolute atomic E-state index is 0. The van der Waals surface area contributed by atoms with Crippen LogP contribution in [0.5, 0.6) is 5.75 Å². The molecule has 3 aromatic rings. The van der Waals surface area contributed by atoms with Crippen molar-refractivity contribution >= 4 is 29.9 Å². The smallest absolute Gasteiger partial charge is 0.216 e. The molecule has 1 atom stereocenters. The van der Waals surface area contributed by atoms with Crippen LogP contribution in [0.2, 0.25) is 0 Å². The van der Waals surface area contributed by atoms with Crippen LogP contribution < -0.4 is 15.4 Å². The lowest BCUT2D eigenvalue weighted by molar-refractivity contribution is 0.198. The van der Waals surface area contributed by atoms with Crippen LogP contribution in [0.1, 0.15) is 19.2 Å². The lowest BCUT2D eigenvalue weighted by atomic mass is 10.2. The molecular weight excluding hydrogens is 490 g/mol. The summed E-state index contributed by atoms with van der Waals surface area (Å²) in [6.45, 7) is 2.93. The minimum Gasteiger partial charge on any atom is -0.489 e. The Balaban J connectivity index is 0.00000300. The molecule has 1 unspecified atom stereocenters. The van der Waals surface area contributed by atoms with E-state index in [1.165, 1.54) is 12.1 Å². The van der Waals surface area contributed by atoms with Gasteiger partial charge in [0.15, 0.2) is 11.7 Å². The molecule has 0 amide bonds. The fourth-order valence-corrected chi connectivity index (χ4v) is 2.49. The molecule has 2 heterocycles. The van der Waals surface area contributed by atoms with Gasteiger partial charge in [0.05, 0.1) is 19.4 Å². The highest BCUT2D eigenvalue weighted by molar-refractivity contribution is 14.0. The van der Waals surface area contributed by atoms with Gasteiger partial charge in [0.2, 0.25) is 5.82 Å². The first-order chi connectivity index (χ1) is 13.7. The van der Waals surface area contributed by atoms with Crippen LogP contribution in [0, 0.1) is 5.82 Å². The zero-order valence-electron chi connectivity index (χ0n) is 16.2. The fourth-order valence-electron chi connectivity index (χ4n) is 2.49. The number of hydrogen-bond donors (Lipinski definition) is 3. The number of hydrogen-bond acceptors (Lipinski definition) is 5. The molecule has 2 aromatic heterocycles. The average molecular weight is 514 g/mol. The first-order valence-corrected chi connectivity index (χ1v) is 8.99. The molecule has 3 rings (SSSR count). The summed E-state index contributed by atoms with van der Waals surface area (Å²) in [5, 5.41) is 13.3. The fraction of sp³-hybridized carbons (Fsp3) is 0.316. The third-order valence-corrected chi connectivity index (χ3v) is 3.97. The maximum absolute atomic E-state index is 13.3. The maximum Gasteiger partial charge on any atom is 0.216 e. The van der Waals surface area contributed by atoms with Crippen molar-refractivity contribution < 1.29 is 13.5 Å². The average Bonchev–Trinajstić information content (AvgIpc) is 3.38. The third-order valence-electron chi connectivity index (χ3n) is 3.97. The van der Waals surface area contributed by atoms with Crippen LogP contribution in [-0.4, -0.2) is 40.8 Å². The standard InChI is InChI=1S/C19H23FN6O2.HI/c1-3-14(28-15-7-4-6-13(20)10-15)11-22-19(21-2)23-12-17-24-18(26-25-17)16-8-5-9-27-16;/h4-10,14H,3,11-12H2,1-2H3,(H2,21,22,23)(H,24,25,26);1H. The van der Waals surface area contributed by atoms with Gasteiger partial charge in [-0.2, -0.15) is 0 Å². The van der Waals surface area contributed by atoms with Crippen molar-refractivity contribution in [3.8, 4) is 17.3 Å². The van der Waals surface area contributed by atoms with Gasteiger partial charge in [-0.1, -0.05) is 13.0 Å². The summed E-state index contributed by atoms with van der Waals surface area (Å²) in [5.41, 5.74) is 0. The molecule has 8 nitrogen and oxygen atoms in total. The van der Waals surface area contributed by atoms with Gasteiger partial charge in [-0.05, 0) is 30.7 Å². The molecule has 0 aliphatic heterocycles. The molecule has 0 fully saturated rings. The third kappa shape index (κ3) is 6.73. The molecule has 1 aromatic carbocycles. The molecule has 0 bridgehead atoms. The van der Waals surface area contributed by atoms with Crippen molar-refractivity contribution in [3.63, 3.8) is 0 Å². The van der Waals surface area contributed by atoms with Crippen LogP contribution in [0.15, 0.2) is 52.1 Å². The number of benzene rings is 1. The molecule has 3 N–H and O–H groups in total. The van der Waals surface area contributed by atoms with E-state index < -0.39 is 0 Å². The lowest BCUT2D eigenvalue weighted by Crippen LogP contribution is -2.42. The van der Waals surface area contributed by atoms with Crippen LogP contribution in [0.25, 0.3) is 11.6 Å². The van der Waals surface area contributed by atoms with Gasteiger partial charge in [-0.3, -0.25) is 10.1 Å². The second-order valence-electron chi connectivity index (χ2n) is 6.00. The Morgan fingerprint density at radius 3 is 2.86 bits per heavy atom. The van der Waals surface area contributed by atoms with E-state index in [0.29, 0.717) is 42.2 Å². The van der Waals surface area contributed by atoms with Crippen molar-refractivity contribution in [1.29, 1.82) is 0 Å². The number of guanidine groups is 1. The summed E-state index contributed by atoms with van der Waals surface area (Å²) in [6.07, 6.45) is 2.21. The first-order valence-electron chi connectivity index (χ1n) is 8.99. The summed E-state index contributed by atoms with van der Waals surface area (Å²) in [4.78, 5) is 8.55. The van der Waals surface area contributed by atoms with Gasteiger partial charge >= 0.3 is 0 Å². The summed E-state index contributed by atoms with van der Waals surface area (Å²) in [5.74, 6) is 2.53. The number of furan rings is 1. The largest absolute Gasteiger partial charge is 0.489 e. The van der Waals surface area contributed by atoms with Crippen molar-refractivity contribution in [2.24, 2.45) is 4.99 Å². The van der Waals surface area contributed by atoms with E-state index in [9.17, 15) is 4.39 Å². The molecule has 10 heteroatoms. The Bertz CT molecular complexity index is 900. The Labute approximate surface area is 185 Å². The number of aromatic nitrogens is 3. The molecule has 0 spiro atoms. The van der Waals surface area contributed by atoms with Gasteiger partial charge in [0.1, 0.15) is 23.5 Å². The summed E-state index contributed by atoms with van der Waals surface area (Å²) in [6, 6.07) is 9.70. The number of halogens is 2. The van der Waals surface area contributed by atoms with Crippen LogP contribution in [0.3, 0.4) is 0 Å². The van der Waals surface area contributed by atoms with E-state index >= 15 is 0 Å². The van der Waals surface area contributed by atoms with Crippen molar-refractivity contribution in [2.75, 3.05) is 13.6 Å². The molecule has 0 saturated carbocycles. The van der Waals surface area contributed by atoms with E-state index in [2.05, 4.69) is 30.8 Å². The van der Waals surface area contributed by atoms with Gasteiger partial charge in [0, 0.05) is 13.1 Å². The number of ether oxygens (including phenoxy) is 1. The number of aromatic amines is 1. The Morgan fingerprint density at radius 1 is 1.31 bits per heavy atom. The highest BCUT2D eigenvalue weighted by Gasteiger charge is 2.11. The number of H-pyrrole nitrogens is 1. The van der Waals surface area contributed by atoms with Gasteiger partial charge < -0.3 is 19.8 Å². The normalized spacial score (nSPS) is 12.2. The van der Waals surface area contributed by atoms with Crippen LogP contribution in [0.4, 0.5) is 4.39 Å². The Hall–Kier alpha value is -2.63. The highest BCUT2D eigenvalue weighted by Crippen LogP contribution is 2.15. The quantitative estimate of drug-likeness (QED) is 0.242. The molecule has 29 heavy (non-hydrogen) atoms. The highest BCUT2D eigenvalue weighted by atomic mass is 127. The molecule has 0 saturated heterocycles. The van der Waals surface area contributed by atoms with E-state index in [0.717, 1.165) is 6.42 Å². The SMILES string of the molecule is CCC(CNC(=NC)NCc1nc(-c2ccco2)n[nH]1)Oc1cccc(F)c1.I. The number of nitrogens with zero attached hydrogens (tertiary/aromatic N) is 3. The number of nitrogens with one attached hydrogen (secondary N) is 3. The van der Waals surface area contributed by atoms with Crippen LogP contribution >= 0.6 is 24.0 Å². The second kappa shape index (κ2) is 11.4. The summed E-state index contributed by atoms with van der Waals surface area (Å²) in [7, 11) is 1.68. The van der Waals surface area contributed by atoms with E-state index in [-0.39, 0.29) is 35.9 Å². The second-order valence-corrected chi connectivity index (χ2v) is 6.00. The predicted molar refractivity (Wildman–Crippen MR) is 119 cm³/mol. The van der Waals surface area contributed by atoms with E-state index in [4.69, 9.17) is 9.15 Å². The van der Waals surface area contributed by atoms with Crippen molar-refractivity contribution in [1.82, 2.24) is 25.8 Å². The molecule has 0 aliphatic carbocycles.